The molecule has 1 aliphatic rings. The minimum Gasteiger partial charge on any atom is -0.481 e. The number of carboxylic acid groups (broad SMARTS) is 1. The molecule has 8 heteroatoms. The Labute approximate surface area is 137 Å². The Morgan fingerprint density at radius 2 is 2.10 bits per heavy atom. The average Bonchev–Trinajstić information content (AvgIpc) is 2.40. The summed E-state index contributed by atoms with van der Waals surface area (Å²) in [6.07, 6.45) is -0.411. The van der Waals surface area contributed by atoms with Gasteiger partial charge in [0.1, 0.15) is 6.04 Å². The normalized spacial score (nSPS) is 18.3. The van der Waals surface area contributed by atoms with E-state index in [1.54, 1.807) is 18.2 Å². The van der Waals surface area contributed by atoms with Crippen LogP contribution in [0.1, 0.15) is 16.8 Å². The molecule has 1 aromatic carbocycles. The number of carboxylic acids is 1. The van der Waals surface area contributed by atoms with Crippen molar-refractivity contribution in [2.75, 3.05) is 13.1 Å². The third-order valence-corrected chi connectivity index (χ3v) is 4.27. The summed E-state index contributed by atoms with van der Waals surface area (Å²) < 4.78 is 1.39. The van der Waals surface area contributed by atoms with Crippen molar-refractivity contribution in [2.45, 2.75) is 12.5 Å². The molecule has 1 fully saturated rings. The van der Waals surface area contributed by atoms with Crippen molar-refractivity contribution in [1.82, 2.24) is 10.2 Å². The van der Waals surface area contributed by atoms with Crippen LogP contribution in [0.3, 0.4) is 0 Å². The fourth-order valence-corrected chi connectivity index (χ4v) is 3.36. The van der Waals surface area contributed by atoms with Gasteiger partial charge in [-0.3, -0.25) is 14.4 Å². The van der Waals surface area contributed by atoms with Crippen LogP contribution in [0.15, 0.2) is 27.1 Å². The maximum atomic E-state index is 12.6. The maximum absolute atomic E-state index is 12.6. The number of hydrogen-bond acceptors (Lipinski definition) is 3. The van der Waals surface area contributed by atoms with Crippen LogP contribution in [0.25, 0.3) is 0 Å². The molecule has 6 nitrogen and oxygen atoms in total. The molecular formula is C13H12Br2N2O4. The minimum absolute atomic E-state index is 0.283. The first-order chi connectivity index (χ1) is 9.90. The molecule has 0 bridgehead atoms. The van der Waals surface area contributed by atoms with Crippen LogP contribution in [-0.4, -0.2) is 46.9 Å². The Morgan fingerprint density at radius 3 is 2.71 bits per heavy atom. The third-order valence-electron chi connectivity index (χ3n) is 3.12. The highest BCUT2D eigenvalue weighted by Crippen LogP contribution is 2.24. The number of amides is 2. The lowest BCUT2D eigenvalue weighted by atomic mass is 10.1. The second-order valence-electron chi connectivity index (χ2n) is 4.53. The highest BCUT2D eigenvalue weighted by Gasteiger charge is 2.35. The number of carbonyl (C=O) groups excluding carboxylic acids is 2. The van der Waals surface area contributed by atoms with Gasteiger partial charge >= 0.3 is 5.97 Å². The average molecular weight is 420 g/mol. The van der Waals surface area contributed by atoms with Crippen molar-refractivity contribution >= 4 is 49.6 Å². The number of piperazine rings is 1. The standard InChI is InChI=1S/C13H12Br2N2O4/c14-7-1-2-8(9(15)5-7)13(21)17-4-3-16-12(20)10(17)6-11(18)19/h1-2,5,10H,3-4,6H2,(H,16,20)(H,18,19). The highest BCUT2D eigenvalue weighted by atomic mass is 79.9. The summed E-state index contributed by atoms with van der Waals surface area (Å²) in [5, 5.41) is 11.5. The van der Waals surface area contributed by atoms with E-state index >= 15 is 0 Å². The van der Waals surface area contributed by atoms with Gasteiger partial charge in [-0.25, -0.2) is 0 Å². The first-order valence-corrected chi connectivity index (χ1v) is 7.74. The summed E-state index contributed by atoms with van der Waals surface area (Å²) in [5.74, 6) is -1.93. The van der Waals surface area contributed by atoms with E-state index in [2.05, 4.69) is 37.2 Å². The largest absolute Gasteiger partial charge is 0.481 e. The summed E-state index contributed by atoms with van der Waals surface area (Å²) in [7, 11) is 0. The van der Waals surface area contributed by atoms with E-state index in [1.165, 1.54) is 4.90 Å². The van der Waals surface area contributed by atoms with Gasteiger partial charge in [-0.05, 0) is 34.1 Å². The molecule has 0 spiro atoms. The zero-order valence-electron chi connectivity index (χ0n) is 10.8. The number of aliphatic carboxylic acids is 1. The fraction of sp³-hybridized carbons (Fsp3) is 0.308. The number of rotatable bonds is 3. The van der Waals surface area contributed by atoms with Crippen LogP contribution in [0, 0.1) is 0 Å². The van der Waals surface area contributed by atoms with Crippen molar-refractivity contribution in [3.63, 3.8) is 0 Å². The lowest BCUT2D eigenvalue weighted by molar-refractivity contribution is -0.142. The molecule has 2 rings (SSSR count). The topological polar surface area (TPSA) is 86.7 Å². The van der Waals surface area contributed by atoms with E-state index in [0.717, 1.165) is 4.47 Å². The van der Waals surface area contributed by atoms with Gasteiger partial charge in [-0.15, -0.1) is 0 Å². The summed E-state index contributed by atoms with van der Waals surface area (Å²) >= 11 is 6.60. The van der Waals surface area contributed by atoms with Crippen molar-refractivity contribution in [1.29, 1.82) is 0 Å². The van der Waals surface area contributed by atoms with Crippen LogP contribution in [0.4, 0.5) is 0 Å². The van der Waals surface area contributed by atoms with E-state index in [9.17, 15) is 14.4 Å². The van der Waals surface area contributed by atoms with Crippen molar-refractivity contribution in [3.8, 4) is 0 Å². The number of hydrogen-bond donors (Lipinski definition) is 2. The number of benzene rings is 1. The van der Waals surface area contributed by atoms with E-state index in [4.69, 9.17) is 5.11 Å². The molecule has 1 aromatic rings. The van der Waals surface area contributed by atoms with Crippen molar-refractivity contribution in [3.05, 3.63) is 32.7 Å². The van der Waals surface area contributed by atoms with Gasteiger partial charge in [0.2, 0.25) is 5.91 Å². The minimum atomic E-state index is -1.12. The molecule has 1 saturated heterocycles. The van der Waals surface area contributed by atoms with E-state index < -0.39 is 24.3 Å². The van der Waals surface area contributed by atoms with Crippen molar-refractivity contribution < 1.29 is 19.5 Å². The van der Waals surface area contributed by atoms with Crippen LogP contribution in [0.5, 0.6) is 0 Å². The number of halogens is 2. The SMILES string of the molecule is O=C(O)CC1C(=O)NCCN1C(=O)c1ccc(Br)cc1Br. The molecule has 1 unspecified atom stereocenters. The molecule has 0 aromatic heterocycles. The number of carbonyl (C=O) groups is 3. The Morgan fingerprint density at radius 1 is 1.38 bits per heavy atom. The van der Waals surface area contributed by atoms with Crippen molar-refractivity contribution in [2.24, 2.45) is 0 Å². The smallest absolute Gasteiger partial charge is 0.305 e. The van der Waals surface area contributed by atoms with Gasteiger partial charge < -0.3 is 15.3 Å². The highest BCUT2D eigenvalue weighted by molar-refractivity contribution is 9.11. The summed E-state index contributed by atoms with van der Waals surface area (Å²) in [5.41, 5.74) is 0.392. The van der Waals surface area contributed by atoms with Gasteiger partial charge in [0.25, 0.3) is 5.91 Å². The molecular weight excluding hydrogens is 408 g/mol. The lowest BCUT2D eigenvalue weighted by Crippen LogP contribution is -2.57. The molecule has 112 valence electrons. The predicted octanol–water partition coefficient (Wildman–Crippen LogP) is 1.63. The number of nitrogens with one attached hydrogen (secondary N) is 1. The molecule has 1 atom stereocenters. The van der Waals surface area contributed by atoms with E-state index in [-0.39, 0.29) is 12.5 Å². The predicted molar refractivity (Wildman–Crippen MR) is 81.9 cm³/mol. The van der Waals surface area contributed by atoms with Gasteiger partial charge in [0.05, 0.1) is 12.0 Å². The van der Waals surface area contributed by atoms with Crippen LogP contribution in [0.2, 0.25) is 0 Å². The summed E-state index contributed by atoms with van der Waals surface area (Å²) in [4.78, 5) is 36.6. The molecule has 0 radical (unpaired) electrons. The lowest BCUT2D eigenvalue weighted by Gasteiger charge is -2.34. The summed E-state index contributed by atoms with van der Waals surface area (Å²) in [6, 6.07) is 4.08. The molecule has 0 aliphatic carbocycles. The van der Waals surface area contributed by atoms with Gasteiger partial charge in [0.15, 0.2) is 0 Å². The van der Waals surface area contributed by atoms with Gasteiger partial charge in [0, 0.05) is 22.0 Å². The van der Waals surface area contributed by atoms with Crippen LogP contribution < -0.4 is 5.32 Å². The van der Waals surface area contributed by atoms with E-state index in [1.807, 2.05) is 0 Å². The molecule has 1 aliphatic heterocycles. The Hall–Kier alpha value is -1.41. The van der Waals surface area contributed by atoms with Gasteiger partial charge in [-0.1, -0.05) is 15.9 Å². The van der Waals surface area contributed by atoms with E-state index in [0.29, 0.717) is 16.6 Å². The zero-order chi connectivity index (χ0) is 15.6. The second kappa shape index (κ2) is 6.57. The second-order valence-corrected chi connectivity index (χ2v) is 6.30. The number of nitrogens with zero attached hydrogens (tertiary/aromatic N) is 1. The summed E-state index contributed by atoms with van der Waals surface area (Å²) in [6.45, 7) is 0.597. The molecule has 2 N–H and O–H groups in total. The fourth-order valence-electron chi connectivity index (χ4n) is 2.14. The molecule has 21 heavy (non-hydrogen) atoms. The quantitative estimate of drug-likeness (QED) is 0.779. The van der Waals surface area contributed by atoms with Crippen LogP contribution >= 0.6 is 31.9 Å². The molecule has 0 saturated carbocycles. The third kappa shape index (κ3) is 3.62. The first-order valence-electron chi connectivity index (χ1n) is 6.15. The maximum Gasteiger partial charge on any atom is 0.305 e. The zero-order valence-corrected chi connectivity index (χ0v) is 14.0. The monoisotopic (exact) mass is 418 g/mol. The Balaban J connectivity index is 2.30. The van der Waals surface area contributed by atoms with Crippen LogP contribution in [-0.2, 0) is 9.59 Å². The van der Waals surface area contributed by atoms with Gasteiger partial charge in [-0.2, -0.15) is 0 Å². The Kier molecular flexibility index (Phi) is 5.00. The molecule has 1 heterocycles. The first kappa shape index (κ1) is 16.0. The molecule has 2 amide bonds. The Bertz CT molecular complexity index is 606.